The van der Waals surface area contributed by atoms with Crippen LogP contribution >= 0.6 is 11.3 Å². The number of benzene rings is 1. The molecule has 0 fully saturated rings. The maximum absolute atomic E-state index is 5.61. The number of rotatable bonds is 3. The van der Waals surface area contributed by atoms with Gasteiger partial charge in [0.25, 0.3) is 0 Å². The van der Waals surface area contributed by atoms with E-state index in [1.54, 1.807) is 7.11 Å². The lowest BCUT2D eigenvalue weighted by atomic mass is 10.1. The molecule has 0 radical (unpaired) electrons. The second-order valence-corrected chi connectivity index (χ2v) is 4.56. The van der Waals surface area contributed by atoms with Crippen molar-refractivity contribution in [1.82, 2.24) is 4.98 Å². The molecule has 2 rings (SSSR count). The van der Waals surface area contributed by atoms with E-state index in [-0.39, 0.29) is 0 Å². The molecule has 4 heteroatoms. The molecule has 0 bridgehead atoms. The highest BCUT2D eigenvalue weighted by molar-refractivity contribution is 7.13. The third kappa shape index (κ3) is 2.33. The Bertz CT molecular complexity index is 494. The van der Waals surface area contributed by atoms with Gasteiger partial charge in [-0.2, -0.15) is 0 Å². The number of nitrogen functional groups attached to an aromatic ring is 1. The van der Waals surface area contributed by atoms with Gasteiger partial charge in [-0.15, -0.1) is 11.3 Å². The number of aromatic nitrogens is 1. The molecular weight excluding hydrogens is 220 g/mol. The molecule has 0 aliphatic rings. The van der Waals surface area contributed by atoms with Crippen molar-refractivity contribution in [3.8, 4) is 5.75 Å². The van der Waals surface area contributed by atoms with E-state index in [0.29, 0.717) is 5.13 Å². The number of hydrogen-bond acceptors (Lipinski definition) is 4. The smallest absolute Gasteiger partial charge is 0.180 e. The quantitative estimate of drug-likeness (QED) is 0.888. The molecule has 0 aliphatic carbocycles. The number of anilines is 1. The maximum Gasteiger partial charge on any atom is 0.180 e. The fraction of sp³-hybridized carbons (Fsp3) is 0.250. The van der Waals surface area contributed by atoms with E-state index in [9.17, 15) is 0 Å². The number of hydrogen-bond donors (Lipinski definition) is 1. The SMILES string of the molecule is COc1ccc(C)cc1Cc1csc(N)n1. The molecule has 0 saturated carbocycles. The molecule has 0 atom stereocenters. The van der Waals surface area contributed by atoms with Gasteiger partial charge < -0.3 is 10.5 Å². The first kappa shape index (κ1) is 11.0. The van der Waals surface area contributed by atoms with E-state index in [1.165, 1.54) is 16.9 Å². The Balaban J connectivity index is 2.29. The Hall–Kier alpha value is -1.55. The van der Waals surface area contributed by atoms with Crippen LogP contribution in [0.2, 0.25) is 0 Å². The van der Waals surface area contributed by atoms with Crippen LogP contribution in [0, 0.1) is 6.92 Å². The van der Waals surface area contributed by atoms with Gasteiger partial charge in [0.05, 0.1) is 12.8 Å². The maximum atomic E-state index is 5.61. The first-order chi connectivity index (χ1) is 7.69. The normalized spacial score (nSPS) is 10.4. The number of nitrogens with two attached hydrogens (primary N) is 1. The third-order valence-electron chi connectivity index (χ3n) is 2.38. The van der Waals surface area contributed by atoms with Crippen LogP contribution in [0.1, 0.15) is 16.8 Å². The van der Waals surface area contributed by atoms with E-state index < -0.39 is 0 Å². The fourth-order valence-electron chi connectivity index (χ4n) is 1.64. The van der Waals surface area contributed by atoms with E-state index in [1.807, 2.05) is 17.5 Å². The van der Waals surface area contributed by atoms with Crippen LogP contribution in [0.4, 0.5) is 5.13 Å². The van der Waals surface area contributed by atoms with Crippen molar-refractivity contribution in [1.29, 1.82) is 0 Å². The zero-order valence-corrected chi connectivity index (χ0v) is 10.2. The van der Waals surface area contributed by atoms with Gasteiger partial charge in [0.2, 0.25) is 0 Å². The van der Waals surface area contributed by atoms with Gasteiger partial charge in [-0.05, 0) is 13.0 Å². The monoisotopic (exact) mass is 234 g/mol. The summed E-state index contributed by atoms with van der Waals surface area (Å²) in [5, 5.41) is 2.60. The van der Waals surface area contributed by atoms with E-state index in [0.717, 1.165) is 23.4 Å². The molecule has 0 saturated heterocycles. The molecule has 1 aromatic heterocycles. The van der Waals surface area contributed by atoms with Gasteiger partial charge in [-0.25, -0.2) is 4.98 Å². The first-order valence-corrected chi connectivity index (χ1v) is 5.90. The van der Waals surface area contributed by atoms with Gasteiger partial charge in [0.15, 0.2) is 5.13 Å². The topological polar surface area (TPSA) is 48.1 Å². The minimum absolute atomic E-state index is 0.613. The number of nitrogens with zero attached hydrogens (tertiary/aromatic N) is 1. The zero-order chi connectivity index (χ0) is 11.5. The van der Waals surface area contributed by atoms with Gasteiger partial charge in [-0.3, -0.25) is 0 Å². The third-order valence-corrected chi connectivity index (χ3v) is 3.10. The van der Waals surface area contributed by atoms with Gasteiger partial charge in [0, 0.05) is 17.4 Å². The molecule has 0 unspecified atom stereocenters. The molecule has 84 valence electrons. The Morgan fingerprint density at radius 1 is 1.44 bits per heavy atom. The summed E-state index contributed by atoms with van der Waals surface area (Å²) < 4.78 is 5.32. The second-order valence-electron chi connectivity index (χ2n) is 3.67. The molecular formula is C12H14N2OS. The minimum Gasteiger partial charge on any atom is -0.496 e. The molecule has 0 spiro atoms. The predicted octanol–water partition coefficient (Wildman–Crippen LogP) is 2.63. The highest BCUT2D eigenvalue weighted by Gasteiger charge is 2.06. The molecule has 2 aromatic rings. The molecule has 0 amide bonds. The summed E-state index contributed by atoms with van der Waals surface area (Å²) in [6, 6.07) is 6.15. The summed E-state index contributed by atoms with van der Waals surface area (Å²) in [6.45, 7) is 2.07. The molecule has 3 nitrogen and oxygen atoms in total. The van der Waals surface area contributed by atoms with Crippen LogP contribution in [0.15, 0.2) is 23.6 Å². The summed E-state index contributed by atoms with van der Waals surface area (Å²) in [5.41, 5.74) is 8.97. The zero-order valence-electron chi connectivity index (χ0n) is 9.36. The number of methoxy groups -OCH3 is 1. The summed E-state index contributed by atoms with van der Waals surface area (Å²) in [5.74, 6) is 0.900. The van der Waals surface area contributed by atoms with Crippen molar-refractivity contribution in [3.05, 3.63) is 40.4 Å². The lowest BCUT2D eigenvalue weighted by Gasteiger charge is -2.07. The lowest BCUT2D eigenvalue weighted by Crippen LogP contribution is -1.95. The Morgan fingerprint density at radius 2 is 2.25 bits per heavy atom. The molecule has 16 heavy (non-hydrogen) atoms. The van der Waals surface area contributed by atoms with Crippen molar-refractivity contribution in [2.45, 2.75) is 13.3 Å². The van der Waals surface area contributed by atoms with Crippen molar-refractivity contribution in [2.24, 2.45) is 0 Å². The van der Waals surface area contributed by atoms with Gasteiger partial charge in [-0.1, -0.05) is 17.7 Å². The predicted molar refractivity (Wildman–Crippen MR) is 67.1 cm³/mol. The summed E-state index contributed by atoms with van der Waals surface area (Å²) in [6.07, 6.45) is 0.762. The molecule has 0 aliphatic heterocycles. The largest absolute Gasteiger partial charge is 0.496 e. The molecule has 1 heterocycles. The van der Waals surface area contributed by atoms with Crippen molar-refractivity contribution < 1.29 is 4.74 Å². The van der Waals surface area contributed by atoms with E-state index >= 15 is 0 Å². The van der Waals surface area contributed by atoms with E-state index in [2.05, 4.69) is 18.0 Å². The first-order valence-electron chi connectivity index (χ1n) is 5.02. The van der Waals surface area contributed by atoms with Crippen molar-refractivity contribution >= 4 is 16.5 Å². The fourth-order valence-corrected chi connectivity index (χ4v) is 2.21. The van der Waals surface area contributed by atoms with Crippen molar-refractivity contribution in [3.63, 3.8) is 0 Å². The van der Waals surface area contributed by atoms with Crippen LogP contribution in [-0.4, -0.2) is 12.1 Å². The van der Waals surface area contributed by atoms with Gasteiger partial charge in [0.1, 0.15) is 5.75 Å². The molecule has 1 aromatic carbocycles. The minimum atomic E-state index is 0.613. The highest BCUT2D eigenvalue weighted by Crippen LogP contribution is 2.23. The number of thiazole rings is 1. The van der Waals surface area contributed by atoms with Crippen LogP contribution in [0.3, 0.4) is 0 Å². The Kier molecular flexibility index (Phi) is 3.10. The molecule has 2 N–H and O–H groups in total. The average Bonchev–Trinajstić information content (AvgIpc) is 2.64. The van der Waals surface area contributed by atoms with Crippen LogP contribution in [-0.2, 0) is 6.42 Å². The van der Waals surface area contributed by atoms with Crippen LogP contribution < -0.4 is 10.5 Å². The lowest BCUT2D eigenvalue weighted by molar-refractivity contribution is 0.410. The highest BCUT2D eigenvalue weighted by atomic mass is 32.1. The van der Waals surface area contributed by atoms with Crippen LogP contribution in [0.5, 0.6) is 5.75 Å². The summed E-state index contributed by atoms with van der Waals surface area (Å²) in [4.78, 5) is 4.25. The standard InChI is InChI=1S/C12H14N2OS/c1-8-3-4-11(15-2)9(5-8)6-10-7-16-12(13)14-10/h3-5,7H,6H2,1-2H3,(H2,13,14). The Morgan fingerprint density at radius 3 is 2.88 bits per heavy atom. The summed E-state index contributed by atoms with van der Waals surface area (Å²) in [7, 11) is 1.68. The summed E-state index contributed by atoms with van der Waals surface area (Å²) >= 11 is 1.47. The van der Waals surface area contributed by atoms with Crippen LogP contribution in [0.25, 0.3) is 0 Å². The second kappa shape index (κ2) is 4.53. The van der Waals surface area contributed by atoms with Gasteiger partial charge >= 0.3 is 0 Å². The average molecular weight is 234 g/mol. The van der Waals surface area contributed by atoms with E-state index in [4.69, 9.17) is 10.5 Å². The Labute approximate surface area is 98.9 Å². The van der Waals surface area contributed by atoms with Crippen molar-refractivity contribution in [2.75, 3.05) is 12.8 Å². The number of aryl methyl sites for hydroxylation is 1. The number of ether oxygens (including phenoxy) is 1.